The first-order chi connectivity index (χ1) is 31.5. The summed E-state index contributed by atoms with van der Waals surface area (Å²) in [6.45, 7) is 0. The zero-order valence-corrected chi connectivity index (χ0v) is 35.0. The van der Waals surface area contributed by atoms with E-state index in [0.29, 0.717) is 27.3 Å². The van der Waals surface area contributed by atoms with Gasteiger partial charge in [-0.15, -0.1) is 0 Å². The standard InChI is InChI=1S/C57H34N4O2S/c62-64(63)52-23-11-8-20-45(52)47-32-46-43-19-7-10-22-49(43)57(51(46)33-53(47)64)48-21-9-6-18-42(48)40-16-4-5-17-41(40)44-29-28-38(31-50(44)57)56-60-54(36-13-2-1-3-14-36)59-55(61-56)37-26-24-35(25-27-37)39-15-12-30-58-34-39/h1-34H. The van der Waals surface area contributed by atoms with Gasteiger partial charge in [-0.3, -0.25) is 4.98 Å². The molecule has 0 amide bonds. The lowest BCUT2D eigenvalue weighted by molar-refractivity contribution is 0.598. The molecule has 13 rings (SSSR count). The van der Waals surface area contributed by atoms with E-state index in [4.69, 9.17) is 15.0 Å². The van der Waals surface area contributed by atoms with Gasteiger partial charge in [0.05, 0.1) is 15.2 Å². The Morgan fingerprint density at radius 1 is 0.328 bits per heavy atom. The van der Waals surface area contributed by atoms with E-state index >= 15 is 0 Å². The van der Waals surface area contributed by atoms with Crippen LogP contribution in [0.3, 0.4) is 0 Å². The van der Waals surface area contributed by atoms with Gasteiger partial charge in [0.15, 0.2) is 17.5 Å². The van der Waals surface area contributed by atoms with Crippen LogP contribution in [-0.2, 0) is 15.3 Å². The van der Waals surface area contributed by atoms with Crippen LogP contribution < -0.4 is 0 Å². The lowest BCUT2D eigenvalue weighted by atomic mass is 9.65. The van der Waals surface area contributed by atoms with E-state index in [1.165, 1.54) is 0 Å². The Balaban J connectivity index is 1.10. The molecule has 0 saturated heterocycles. The Bertz CT molecular complexity index is 3680. The van der Waals surface area contributed by atoms with Crippen molar-refractivity contribution >= 4 is 9.84 Å². The topological polar surface area (TPSA) is 85.7 Å². The number of fused-ring (bicyclic) bond motifs is 15. The molecule has 6 nitrogen and oxygen atoms in total. The van der Waals surface area contributed by atoms with Crippen LogP contribution in [0.1, 0.15) is 22.3 Å². The van der Waals surface area contributed by atoms with Crippen molar-refractivity contribution in [1.29, 1.82) is 0 Å². The van der Waals surface area contributed by atoms with Gasteiger partial charge in [-0.05, 0) is 97.1 Å². The molecule has 0 saturated carbocycles. The number of hydrogen-bond acceptors (Lipinski definition) is 6. The third-order valence-electron chi connectivity index (χ3n) is 13.2. The molecule has 1 aliphatic heterocycles. The van der Waals surface area contributed by atoms with E-state index in [9.17, 15) is 8.42 Å². The van der Waals surface area contributed by atoms with Crippen molar-refractivity contribution < 1.29 is 8.42 Å². The fraction of sp³-hybridized carbons (Fsp3) is 0.0175. The van der Waals surface area contributed by atoms with Crippen molar-refractivity contribution in [1.82, 2.24) is 19.9 Å². The average Bonchev–Trinajstić information content (AvgIpc) is 3.73. The Morgan fingerprint density at radius 2 is 0.828 bits per heavy atom. The molecule has 8 aromatic carbocycles. The van der Waals surface area contributed by atoms with Crippen molar-refractivity contribution in [2.75, 3.05) is 0 Å². The first kappa shape index (κ1) is 36.5. The second-order valence-electron chi connectivity index (χ2n) is 16.5. The monoisotopic (exact) mass is 838 g/mol. The molecule has 3 heterocycles. The van der Waals surface area contributed by atoms with E-state index < -0.39 is 15.3 Å². The maximum atomic E-state index is 14.6. The number of hydrogen-bond donors (Lipinski definition) is 0. The third kappa shape index (κ3) is 5.16. The predicted molar refractivity (Wildman–Crippen MR) is 252 cm³/mol. The molecule has 3 aliphatic rings. The summed E-state index contributed by atoms with van der Waals surface area (Å²) in [5, 5.41) is 0. The van der Waals surface area contributed by atoms with Crippen molar-refractivity contribution in [2.45, 2.75) is 15.2 Å². The van der Waals surface area contributed by atoms with Gasteiger partial charge in [-0.25, -0.2) is 23.4 Å². The Labute approximate surface area is 370 Å². The summed E-state index contributed by atoms with van der Waals surface area (Å²) in [6.07, 6.45) is 3.63. The predicted octanol–water partition coefficient (Wildman–Crippen LogP) is 12.8. The Hall–Kier alpha value is -8.13. The van der Waals surface area contributed by atoms with Crippen LogP contribution >= 0.6 is 0 Å². The molecule has 2 aromatic heterocycles. The molecule has 0 fully saturated rings. The van der Waals surface area contributed by atoms with Gasteiger partial charge in [0.2, 0.25) is 9.84 Å². The van der Waals surface area contributed by atoms with Gasteiger partial charge in [0.25, 0.3) is 0 Å². The lowest BCUT2D eigenvalue weighted by Gasteiger charge is -2.35. The minimum Gasteiger partial charge on any atom is -0.264 e. The highest BCUT2D eigenvalue weighted by Gasteiger charge is 2.51. The molecule has 0 radical (unpaired) electrons. The number of nitrogens with zero attached hydrogens (tertiary/aromatic N) is 4. The summed E-state index contributed by atoms with van der Waals surface area (Å²) in [5.74, 6) is 1.65. The normalized spacial score (nSPS) is 15.5. The molecule has 300 valence electrons. The first-order valence-electron chi connectivity index (χ1n) is 21.3. The van der Waals surface area contributed by atoms with Crippen molar-refractivity contribution in [3.05, 3.63) is 229 Å². The van der Waals surface area contributed by atoms with Crippen molar-refractivity contribution in [3.8, 4) is 89.8 Å². The fourth-order valence-corrected chi connectivity index (χ4v) is 12.1. The van der Waals surface area contributed by atoms with Crippen LogP contribution in [0.2, 0.25) is 0 Å². The minimum atomic E-state index is -3.81. The summed E-state index contributed by atoms with van der Waals surface area (Å²) >= 11 is 0. The van der Waals surface area contributed by atoms with Gasteiger partial charge < -0.3 is 0 Å². The number of rotatable bonds is 4. The van der Waals surface area contributed by atoms with Crippen molar-refractivity contribution in [2.24, 2.45) is 0 Å². The van der Waals surface area contributed by atoms with Gasteiger partial charge >= 0.3 is 0 Å². The van der Waals surface area contributed by atoms with E-state index in [0.717, 1.165) is 94.6 Å². The van der Waals surface area contributed by atoms with Gasteiger partial charge in [0, 0.05) is 40.2 Å². The van der Waals surface area contributed by atoms with Crippen LogP contribution in [-0.4, -0.2) is 28.4 Å². The van der Waals surface area contributed by atoms with Crippen LogP contribution in [0, 0.1) is 0 Å². The molecule has 1 unspecified atom stereocenters. The maximum Gasteiger partial charge on any atom is 0.207 e. The van der Waals surface area contributed by atoms with Crippen molar-refractivity contribution in [3.63, 3.8) is 0 Å². The third-order valence-corrected chi connectivity index (χ3v) is 15.1. The average molecular weight is 839 g/mol. The SMILES string of the molecule is O=S1(=O)c2ccccc2-c2cc3c(cc21)C1(c2ccccc2-c2ccccc2-c2ccc(-c4nc(-c5ccccc5)nc(-c5ccc(-c6cccnc6)cc5)n4)cc21)c1ccccc1-3. The van der Waals surface area contributed by atoms with Gasteiger partial charge in [-0.2, -0.15) is 0 Å². The van der Waals surface area contributed by atoms with Crippen LogP contribution in [0.4, 0.5) is 0 Å². The lowest BCUT2D eigenvalue weighted by Crippen LogP contribution is -2.29. The second kappa shape index (κ2) is 13.7. The van der Waals surface area contributed by atoms with E-state index in [-0.39, 0.29) is 0 Å². The zero-order chi connectivity index (χ0) is 42.6. The number of pyridine rings is 1. The Morgan fingerprint density at radius 3 is 1.50 bits per heavy atom. The van der Waals surface area contributed by atoms with E-state index in [1.807, 2.05) is 79.0 Å². The van der Waals surface area contributed by atoms with E-state index in [2.05, 4.69) is 114 Å². The summed E-state index contributed by atoms with van der Waals surface area (Å²) < 4.78 is 29.1. The second-order valence-corrected chi connectivity index (χ2v) is 18.4. The van der Waals surface area contributed by atoms with Crippen LogP contribution in [0.5, 0.6) is 0 Å². The zero-order valence-electron chi connectivity index (χ0n) is 34.1. The molecule has 7 heteroatoms. The number of sulfone groups is 1. The quantitative estimate of drug-likeness (QED) is 0.175. The molecule has 0 N–H and O–H groups in total. The first-order valence-corrected chi connectivity index (χ1v) is 22.8. The summed E-state index contributed by atoms with van der Waals surface area (Å²) in [4.78, 5) is 20.5. The molecule has 1 spiro atoms. The highest BCUT2D eigenvalue weighted by molar-refractivity contribution is 7.92. The number of aromatic nitrogens is 4. The summed E-state index contributed by atoms with van der Waals surface area (Å²) in [5.41, 5.74) is 15.7. The number of benzene rings is 8. The van der Waals surface area contributed by atoms with Crippen LogP contribution in [0.25, 0.3) is 89.8 Å². The highest BCUT2D eigenvalue weighted by Crippen LogP contribution is 2.63. The Kier molecular flexibility index (Phi) is 7.81. The molecule has 0 bridgehead atoms. The summed E-state index contributed by atoms with van der Waals surface area (Å²) in [6, 6.07) is 66.0. The van der Waals surface area contributed by atoms with Crippen LogP contribution in [0.15, 0.2) is 216 Å². The molecule has 1 atom stereocenters. The molecule has 2 aliphatic carbocycles. The molecule has 10 aromatic rings. The molecular formula is C57H34N4O2S. The smallest absolute Gasteiger partial charge is 0.207 e. The summed E-state index contributed by atoms with van der Waals surface area (Å²) in [7, 11) is -3.81. The minimum absolute atomic E-state index is 0.334. The van der Waals surface area contributed by atoms with Gasteiger partial charge in [-0.1, -0.05) is 164 Å². The van der Waals surface area contributed by atoms with Gasteiger partial charge in [0.1, 0.15) is 0 Å². The van der Waals surface area contributed by atoms with E-state index in [1.54, 1.807) is 18.3 Å². The highest BCUT2D eigenvalue weighted by atomic mass is 32.2. The maximum absolute atomic E-state index is 14.6. The fourth-order valence-electron chi connectivity index (χ4n) is 10.4. The molecular weight excluding hydrogens is 805 g/mol. The largest absolute Gasteiger partial charge is 0.264 e. The molecule has 64 heavy (non-hydrogen) atoms.